The molecule has 30 heavy (non-hydrogen) atoms. The Kier molecular flexibility index (Phi) is 7.73. The van der Waals surface area contributed by atoms with E-state index in [2.05, 4.69) is 32.2 Å². The van der Waals surface area contributed by atoms with Crippen LogP contribution in [0.3, 0.4) is 0 Å². The maximum Gasteiger partial charge on any atom is 0.132 e. The Balaban J connectivity index is 1.78. The fourth-order valence-electron chi connectivity index (χ4n) is 3.86. The predicted molar refractivity (Wildman–Crippen MR) is 119 cm³/mol. The molecule has 1 heterocycles. The molecule has 1 aliphatic heterocycles. The Hall–Kier alpha value is -2.11. The number of fused-ring (bicyclic) bond motifs is 1. The lowest BCUT2D eigenvalue weighted by Gasteiger charge is -2.44. The summed E-state index contributed by atoms with van der Waals surface area (Å²) in [6.45, 7) is 10.2. The zero-order chi connectivity index (χ0) is 21.6. The number of hydrogen-bond donors (Lipinski definition) is 1. The third-order valence-corrected chi connectivity index (χ3v) is 5.45. The molecule has 2 atom stereocenters. The molecule has 2 unspecified atom stereocenters. The molecule has 164 valence electrons. The van der Waals surface area contributed by atoms with Crippen molar-refractivity contribution in [3.05, 3.63) is 59.4 Å². The summed E-state index contributed by atoms with van der Waals surface area (Å²) in [4.78, 5) is 0. The van der Waals surface area contributed by atoms with Crippen LogP contribution in [0.25, 0.3) is 0 Å². The summed E-state index contributed by atoms with van der Waals surface area (Å²) in [5.41, 5.74) is 2.50. The molecule has 4 nitrogen and oxygen atoms in total. The van der Waals surface area contributed by atoms with Gasteiger partial charge in [0, 0.05) is 31.0 Å². The van der Waals surface area contributed by atoms with Gasteiger partial charge in [-0.2, -0.15) is 0 Å². The van der Waals surface area contributed by atoms with Crippen molar-refractivity contribution >= 4 is 5.69 Å². The average molecular weight is 416 g/mol. The lowest BCUT2D eigenvalue weighted by Crippen LogP contribution is -2.51. The van der Waals surface area contributed by atoms with Crippen LogP contribution in [0.4, 0.5) is 10.1 Å². The maximum absolute atomic E-state index is 13.1. The van der Waals surface area contributed by atoms with E-state index in [0.29, 0.717) is 19.8 Å². The Morgan fingerprint density at radius 3 is 2.50 bits per heavy atom. The van der Waals surface area contributed by atoms with Gasteiger partial charge in [-0.15, -0.1) is 0 Å². The van der Waals surface area contributed by atoms with E-state index in [1.54, 1.807) is 12.1 Å². The number of hydrogen-bond acceptors (Lipinski definition) is 4. The van der Waals surface area contributed by atoms with Crippen molar-refractivity contribution in [3.63, 3.8) is 0 Å². The lowest BCUT2D eigenvalue weighted by atomic mass is 9.87. The van der Waals surface area contributed by atoms with Crippen molar-refractivity contribution in [2.75, 3.05) is 18.5 Å². The smallest absolute Gasteiger partial charge is 0.132 e. The molecule has 0 aliphatic carbocycles. The van der Waals surface area contributed by atoms with E-state index in [0.717, 1.165) is 41.8 Å². The SMILES string of the molecule is CCCCCOC1C(OCC)c2cc(NCc3ccc(F)cc3)ccc2OC1(C)C. The van der Waals surface area contributed by atoms with Gasteiger partial charge in [0.15, 0.2) is 0 Å². The molecule has 0 saturated carbocycles. The first kappa shape index (κ1) is 22.6. The van der Waals surface area contributed by atoms with Crippen LogP contribution < -0.4 is 10.1 Å². The predicted octanol–water partition coefficient (Wildman–Crippen LogP) is 6.26. The number of ether oxygens (including phenoxy) is 3. The molecule has 3 rings (SSSR count). The highest BCUT2D eigenvalue weighted by Crippen LogP contribution is 2.44. The number of halogens is 1. The minimum absolute atomic E-state index is 0.186. The summed E-state index contributed by atoms with van der Waals surface area (Å²) in [7, 11) is 0. The first-order valence-electron chi connectivity index (χ1n) is 11.0. The molecule has 0 radical (unpaired) electrons. The Bertz CT molecular complexity index is 807. The third-order valence-electron chi connectivity index (χ3n) is 5.45. The van der Waals surface area contributed by atoms with E-state index in [1.165, 1.54) is 12.1 Å². The molecular formula is C25H34FNO3. The van der Waals surface area contributed by atoms with Crippen molar-refractivity contribution in [3.8, 4) is 5.75 Å². The monoisotopic (exact) mass is 415 g/mol. The van der Waals surface area contributed by atoms with Crippen LogP contribution >= 0.6 is 0 Å². The highest BCUT2D eigenvalue weighted by atomic mass is 19.1. The lowest BCUT2D eigenvalue weighted by molar-refractivity contribution is -0.161. The quantitative estimate of drug-likeness (QED) is 0.465. The van der Waals surface area contributed by atoms with E-state index in [-0.39, 0.29) is 18.0 Å². The second kappa shape index (κ2) is 10.3. The fraction of sp³-hybridized carbons (Fsp3) is 0.520. The van der Waals surface area contributed by atoms with Crippen LogP contribution in [-0.4, -0.2) is 24.9 Å². The summed E-state index contributed by atoms with van der Waals surface area (Å²) >= 11 is 0. The van der Waals surface area contributed by atoms with Crippen LogP contribution in [0, 0.1) is 5.82 Å². The van der Waals surface area contributed by atoms with Gasteiger partial charge in [0.2, 0.25) is 0 Å². The summed E-state index contributed by atoms with van der Waals surface area (Å²) in [5.74, 6) is 0.607. The van der Waals surface area contributed by atoms with Gasteiger partial charge in [-0.25, -0.2) is 4.39 Å². The van der Waals surface area contributed by atoms with Crippen LogP contribution in [0.15, 0.2) is 42.5 Å². The maximum atomic E-state index is 13.1. The van der Waals surface area contributed by atoms with Crippen LogP contribution in [0.2, 0.25) is 0 Å². The number of unbranched alkanes of at least 4 members (excludes halogenated alkanes) is 2. The summed E-state index contributed by atoms with van der Waals surface area (Å²) in [6, 6.07) is 12.6. The molecule has 1 aliphatic rings. The van der Waals surface area contributed by atoms with Crippen LogP contribution in [0.5, 0.6) is 5.75 Å². The van der Waals surface area contributed by atoms with Gasteiger partial charge in [-0.3, -0.25) is 0 Å². The van der Waals surface area contributed by atoms with E-state index in [9.17, 15) is 4.39 Å². The second-order valence-corrected chi connectivity index (χ2v) is 8.31. The van der Waals surface area contributed by atoms with Gasteiger partial charge >= 0.3 is 0 Å². The van der Waals surface area contributed by atoms with E-state index in [1.807, 2.05) is 19.1 Å². The molecule has 2 aromatic rings. The van der Waals surface area contributed by atoms with Gasteiger partial charge in [-0.05, 0) is 63.1 Å². The van der Waals surface area contributed by atoms with Crippen molar-refractivity contribution in [2.45, 2.75) is 71.3 Å². The molecule has 0 saturated heterocycles. The molecule has 0 spiro atoms. The van der Waals surface area contributed by atoms with E-state index < -0.39 is 5.60 Å². The normalized spacial score (nSPS) is 19.8. The van der Waals surface area contributed by atoms with Gasteiger partial charge in [0.25, 0.3) is 0 Å². The molecule has 5 heteroatoms. The fourth-order valence-corrected chi connectivity index (χ4v) is 3.86. The topological polar surface area (TPSA) is 39.7 Å². The van der Waals surface area contributed by atoms with E-state index >= 15 is 0 Å². The molecular weight excluding hydrogens is 381 g/mol. The molecule has 0 amide bonds. The highest BCUT2D eigenvalue weighted by molar-refractivity contribution is 5.53. The van der Waals surface area contributed by atoms with Crippen LogP contribution in [0.1, 0.15) is 64.2 Å². The zero-order valence-corrected chi connectivity index (χ0v) is 18.5. The average Bonchev–Trinajstić information content (AvgIpc) is 2.72. The molecule has 1 N–H and O–H groups in total. The standard InChI is InChI=1S/C25H34FNO3/c1-5-7-8-15-29-24-23(28-6-2)21-16-20(13-14-22(21)30-25(24,3)4)27-17-18-9-11-19(26)12-10-18/h9-14,16,23-24,27H,5-8,15,17H2,1-4H3. The largest absolute Gasteiger partial charge is 0.485 e. The Labute approximate surface area is 179 Å². The Morgan fingerprint density at radius 1 is 1.03 bits per heavy atom. The number of rotatable bonds is 10. The van der Waals surface area contributed by atoms with Crippen molar-refractivity contribution in [2.24, 2.45) is 0 Å². The molecule has 0 aromatic heterocycles. The van der Waals surface area contributed by atoms with Crippen molar-refractivity contribution in [1.82, 2.24) is 0 Å². The number of anilines is 1. The van der Waals surface area contributed by atoms with Crippen molar-refractivity contribution < 1.29 is 18.6 Å². The van der Waals surface area contributed by atoms with Crippen LogP contribution in [-0.2, 0) is 16.0 Å². The van der Waals surface area contributed by atoms with Gasteiger partial charge in [0.05, 0.1) is 0 Å². The van der Waals surface area contributed by atoms with Gasteiger partial charge in [0.1, 0.15) is 29.4 Å². The van der Waals surface area contributed by atoms with E-state index in [4.69, 9.17) is 14.2 Å². The van der Waals surface area contributed by atoms with Gasteiger partial charge in [-0.1, -0.05) is 31.9 Å². The molecule has 0 bridgehead atoms. The minimum Gasteiger partial charge on any atom is -0.485 e. The summed E-state index contributed by atoms with van der Waals surface area (Å²) in [5, 5.41) is 3.41. The second-order valence-electron chi connectivity index (χ2n) is 8.31. The molecule has 0 fully saturated rings. The Morgan fingerprint density at radius 2 is 1.80 bits per heavy atom. The third kappa shape index (κ3) is 5.52. The zero-order valence-electron chi connectivity index (χ0n) is 18.5. The minimum atomic E-state index is -0.484. The summed E-state index contributed by atoms with van der Waals surface area (Å²) < 4.78 is 31.9. The first-order valence-corrected chi connectivity index (χ1v) is 11.0. The highest BCUT2D eigenvalue weighted by Gasteiger charge is 2.45. The number of benzene rings is 2. The van der Waals surface area contributed by atoms with Gasteiger partial charge < -0.3 is 19.5 Å². The summed E-state index contributed by atoms with van der Waals surface area (Å²) in [6.07, 6.45) is 2.97. The first-order chi connectivity index (χ1) is 14.4. The van der Waals surface area contributed by atoms with Crippen molar-refractivity contribution in [1.29, 1.82) is 0 Å². The molecule has 2 aromatic carbocycles. The number of nitrogens with one attached hydrogen (secondary N) is 1.